The smallest absolute Gasteiger partial charge is 0.225 e. The zero-order valence-corrected chi connectivity index (χ0v) is 14.5. The Bertz CT molecular complexity index is 453. The maximum Gasteiger partial charge on any atom is 0.225 e. The molecule has 132 valence electrons. The normalized spacial score (nSPS) is 11.0. The molecule has 0 aliphatic rings. The Hall–Kier alpha value is -1.40. The Morgan fingerprint density at radius 3 is 1.83 bits per heavy atom. The van der Waals surface area contributed by atoms with E-state index in [0.717, 1.165) is 25.7 Å². The number of aliphatic hydroxyl groups is 2. The van der Waals surface area contributed by atoms with E-state index in [2.05, 4.69) is 9.97 Å². The molecular formula is C17H31N3O3. The summed E-state index contributed by atoms with van der Waals surface area (Å²) in [6, 6.07) is 0. The number of rotatable bonds is 12. The summed E-state index contributed by atoms with van der Waals surface area (Å²) in [4.78, 5) is 10.3. The molecule has 1 aromatic rings. The van der Waals surface area contributed by atoms with Gasteiger partial charge in [0.25, 0.3) is 0 Å². The van der Waals surface area contributed by atoms with Crippen LogP contribution in [0.3, 0.4) is 0 Å². The molecule has 0 saturated carbocycles. The fourth-order valence-electron chi connectivity index (χ4n) is 2.49. The summed E-state index contributed by atoms with van der Waals surface area (Å²) in [6.07, 6.45) is 9.61. The monoisotopic (exact) mass is 325 g/mol. The van der Waals surface area contributed by atoms with Crippen molar-refractivity contribution in [3.05, 3.63) is 11.4 Å². The number of aromatic nitrogens is 2. The summed E-state index contributed by atoms with van der Waals surface area (Å²) in [5.41, 5.74) is 0.915. The quantitative estimate of drug-likeness (QED) is 0.511. The molecule has 6 nitrogen and oxygen atoms in total. The third kappa shape index (κ3) is 7.14. The van der Waals surface area contributed by atoms with Crippen molar-refractivity contribution in [1.82, 2.24) is 9.97 Å². The summed E-state index contributed by atoms with van der Waals surface area (Å²) in [7, 11) is 3.68. The second kappa shape index (κ2) is 11.2. The largest absolute Gasteiger partial charge is 0.504 e. The van der Waals surface area contributed by atoms with E-state index in [0.29, 0.717) is 30.4 Å². The number of hydrogen-bond donors (Lipinski definition) is 3. The number of unbranched alkanes of at least 4 members (excludes halogenated alkanes) is 7. The summed E-state index contributed by atoms with van der Waals surface area (Å²) in [6.45, 7) is 0.0171. The number of aliphatic hydroxyl groups excluding tert-OH is 2. The van der Waals surface area contributed by atoms with Crippen LogP contribution in [0.1, 0.15) is 62.8 Å². The van der Waals surface area contributed by atoms with Gasteiger partial charge in [0.05, 0.1) is 12.3 Å². The number of aromatic hydroxyl groups is 1. The van der Waals surface area contributed by atoms with Gasteiger partial charge in [0, 0.05) is 20.7 Å². The van der Waals surface area contributed by atoms with Crippen LogP contribution < -0.4 is 4.90 Å². The van der Waals surface area contributed by atoms with Gasteiger partial charge in [-0.15, -0.1) is 0 Å². The first-order chi connectivity index (χ1) is 11.1. The van der Waals surface area contributed by atoms with Crippen LogP contribution >= 0.6 is 0 Å². The minimum Gasteiger partial charge on any atom is -0.504 e. The van der Waals surface area contributed by atoms with Crippen molar-refractivity contribution < 1.29 is 15.3 Å². The zero-order valence-electron chi connectivity index (χ0n) is 14.5. The van der Waals surface area contributed by atoms with Crippen LogP contribution in [0.25, 0.3) is 0 Å². The van der Waals surface area contributed by atoms with E-state index in [1.807, 2.05) is 14.1 Å². The highest BCUT2D eigenvalue weighted by Gasteiger charge is 2.13. The molecule has 1 rings (SSSR count). The second-order valence-corrected chi connectivity index (χ2v) is 6.12. The molecular weight excluding hydrogens is 294 g/mol. The van der Waals surface area contributed by atoms with E-state index in [9.17, 15) is 10.2 Å². The molecule has 0 unspecified atom stereocenters. The zero-order chi connectivity index (χ0) is 17.1. The van der Waals surface area contributed by atoms with Crippen LogP contribution in [0.5, 0.6) is 5.75 Å². The van der Waals surface area contributed by atoms with E-state index < -0.39 is 0 Å². The Morgan fingerprint density at radius 2 is 1.30 bits per heavy atom. The highest BCUT2D eigenvalue weighted by atomic mass is 16.3. The molecule has 0 bridgehead atoms. The first-order valence-electron chi connectivity index (χ1n) is 8.58. The van der Waals surface area contributed by atoms with Gasteiger partial charge in [0.1, 0.15) is 5.69 Å². The van der Waals surface area contributed by atoms with Crippen molar-refractivity contribution in [3.63, 3.8) is 0 Å². The third-order valence-corrected chi connectivity index (χ3v) is 3.89. The van der Waals surface area contributed by atoms with E-state index >= 15 is 0 Å². The molecule has 1 heterocycles. The molecule has 1 aromatic heterocycles. The fraction of sp³-hybridized carbons (Fsp3) is 0.765. The fourth-order valence-corrected chi connectivity index (χ4v) is 2.49. The topological polar surface area (TPSA) is 89.7 Å². The third-order valence-electron chi connectivity index (χ3n) is 3.89. The number of nitrogens with zero attached hydrogens (tertiary/aromatic N) is 3. The van der Waals surface area contributed by atoms with Gasteiger partial charge in [-0.05, 0) is 19.3 Å². The lowest BCUT2D eigenvalue weighted by Crippen LogP contribution is -2.15. The molecule has 0 spiro atoms. The Labute approximate surface area is 139 Å². The highest BCUT2D eigenvalue weighted by Crippen LogP contribution is 2.24. The molecule has 0 aromatic carbocycles. The van der Waals surface area contributed by atoms with Gasteiger partial charge in [-0.3, -0.25) is 0 Å². The van der Waals surface area contributed by atoms with Crippen LogP contribution in [0, 0.1) is 0 Å². The average molecular weight is 325 g/mol. The summed E-state index contributed by atoms with van der Waals surface area (Å²) >= 11 is 0. The van der Waals surface area contributed by atoms with Crippen molar-refractivity contribution in [1.29, 1.82) is 0 Å². The summed E-state index contributed by atoms with van der Waals surface area (Å²) in [5.74, 6) is 0.549. The Balaban J connectivity index is 2.35. The lowest BCUT2D eigenvalue weighted by molar-refractivity contribution is 0.269. The maximum atomic E-state index is 10.1. The molecule has 0 saturated heterocycles. The van der Waals surface area contributed by atoms with Crippen molar-refractivity contribution in [2.24, 2.45) is 0 Å². The molecule has 6 heteroatoms. The van der Waals surface area contributed by atoms with Crippen molar-refractivity contribution >= 4 is 5.95 Å². The van der Waals surface area contributed by atoms with Crippen molar-refractivity contribution in [2.45, 2.75) is 64.4 Å². The molecule has 0 fully saturated rings. The van der Waals surface area contributed by atoms with Crippen molar-refractivity contribution in [2.75, 3.05) is 25.6 Å². The average Bonchev–Trinajstić information content (AvgIpc) is 2.54. The predicted octanol–water partition coefficient (Wildman–Crippen LogP) is 2.40. The van der Waals surface area contributed by atoms with Gasteiger partial charge in [-0.1, -0.05) is 38.5 Å². The second-order valence-electron chi connectivity index (χ2n) is 6.12. The SMILES string of the molecule is CN(C)c1nc(CO)c(O)c(CCCCCCCCCCO)n1. The number of hydrogen-bond acceptors (Lipinski definition) is 6. The predicted molar refractivity (Wildman–Crippen MR) is 91.7 cm³/mol. The number of aryl methyl sites for hydroxylation is 1. The van der Waals surface area contributed by atoms with Gasteiger partial charge >= 0.3 is 0 Å². The molecule has 0 amide bonds. The van der Waals surface area contributed by atoms with Crippen LogP contribution in [-0.4, -0.2) is 46.0 Å². The minimum absolute atomic E-state index is 0.0297. The molecule has 0 aliphatic heterocycles. The molecule has 3 N–H and O–H groups in total. The van der Waals surface area contributed by atoms with E-state index in [1.165, 1.54) is 25.7 Å². The van der Waals surface area contributed by atoms with E-state index in [1.54, 1.807) is 4.90 Å². The van der Waals surface area contributed by atoms with Crippen molar-refractivity contribution in [3.8, 4) is 5.75 Å². The van der Waals surface area contributed by atoms with Gasteiger partial charge in [-0.2, -0.15) is 0 Å². The van der Waals surface area contributed by atoms with Gasteiger partial charge in [0.15, 0.2) is 5.75 Å². The van der Waals surface area contributed by atoms with Gasteiger partial charge in [-0.25, -0.2) is 9.97 Å². The first-order valence-corrected chi connectivity index (χ1v) is 8.58. The Kier molecular flexibility index (Phi) is 9.55. The summed E-state index contributed by atoms with van der Waals surface area (Å²) < 4.78 is 0. The van der Waals surface area contributed by atoms with E-state index in [4.69, 9.17) is 5.11 Å². The molecule has 0 atom stereocenters. The minimum atomic E-state index is -0.282. The first kappa shape index (κ1) is 19.6. The van der Waals surface area contributed by atoms with Crippen LogP contribution in [0.15, 0.2) is 0 Å². The Morgan fingerprint density at radius 1 is 0.783 bits per heavy atom. The van der Waals surface area contributed by atoms with Crippen LogP contribution in [0.4, 0.5) is 5.95 Å². The maximum absolute atomic E-state index is 10.1. The van der Waals surface area contributed by atoms with Gasteiger partial charge < -0.3 is 20.2 Å². The number of anilines is 1. The van der Waals surface area contributed by atoms with Crippen LogP contribution in [0.2, 0.25) is 0 Å². The lowest BCUT2D eigenvalue weighted by atomic mass is 10.1. The highest BCUT2D eigenvalue weighted by molar-refractivity contribution is 5.39. The lowest BCUT2D eigenvalue weighted by Gasteiger charge is -2.14. The standard InChI is InChI=1S/C17H31N3O3/c1-20(2)17-18-14(16(23)15(13-22)19-17)11-9-7-5-3-4-6-8-10-12-21/h21-23H,3-13H2,1-2H3. The molecule has 0 aliphatic carbocycles. The van der Waals surface area contributed by atoms with Crippen LogP contribution in [-0.2, 0) is 13.0 Å². The summed E-state index contributed by atoms with van der Waals surface area (Å²) in [5, 5.41) is 28.1. The molecule has 23 heavy (non-hydrogen) atoms. The molecule has 0 radical (unpaired) electrons. The van der Waals surface area contributed by atoms with Gasteiger partial charge in [0.2, 0.25) is 5.95 Å². The van der Waals surface area contributed by atoms with E-state index in [-0.39, 0.29) is 12.4 Å².